The Morgan fingerprint density at radius 3 is 1.57 bits per heavy atom. The van der Waals surface area contributed by atoms with Crippen LogP contribution in [0.2, 0.25) is 0 Å². The van der Waals surface area contributed by atoms with Gasteiger partial charge in [-0.1, -0.05) is 27.7 Å². The van der Waals surface area contributed by atoms with Crippen LogP contribution in [0.5, 0.6) is 11.5 Å². The van der Waals surface area contributed by atoms with Crippen LogP contribution in [0.1, 0.15) is 64.7 Å². The van der Waals surface area contributed by atoms with Crippen LogP contribution in [0.25, 0.3) is 0 Å². The predicted octanol–water partition coefficient (Wildman–Crippen LogP) is 3.81. The van der Waals surface area contributed by atoms with Crippen LogP contribution in [0.15, 0.2) is 18.2 Å². The van der Waals surface area contributed by atoms with E-state index in [9.17, 15) is 14.4 Å². The second kappa shape index (κ2) is 11.5. The number of benzene rings is 1. The smallest absolute Gasteiger partial charge is 0.251 e. The third-order valence-electron chi connectivity index (χ3n) is 3.63. The van der Waals surface area contributed by atoms with Crippen molar-refractivity contribution < 1.29 is 23.9 Å². The maximum absolute atomic E-state index is 12.4. The molecule has 28 heavy (non-hydrogen) atoms. The van der Waals surface area contributed by atoms with E-state index in [0.29, 0.717) is 29.9 Å². The Balaban J connectivity index is 2.92. The van der Waals surface area contributed by atoms with Gasteiger partial charge in [-0.3, -0.25) is 14.4 Å². The van der Waals surface area contributed by atoms with E-state index in [0.717, 1.165) is 0 Å². The van der Waals surface area contributed by atoms with Gasteiger partial charge in [-0.2, -0.15) is 0 Å². The molecule has 0 saturated heterocycles. The van der Waals surface area contributed by atoms with Crippen molar-refractivity contribution in [3.05, 3.63) is 23.8 Å². The third kappa shape index (κ3) is 9.53. The molecule has 0 heterocycles. The van der Waals surface area contributed by atoms with Crippen molar-refractivity contribution in [3.8, 4) is 11.5 Å². The van der Waals surface area contributed by atoms with Crippen LogP contribution < -0.4 is 14.8 Å². The van der Waals surface area contributed by atoms with Gasteiger partial charge in [0.2, 0.25) is 0 Å². The maximum atomic E-state index is 12.4. The average Bonchev–Trinajstić information content (AvgIpc) is 2.56. The van der Waals surface area contributed by atoms with E-state index in [1.54, 1.807) is 18.2 Å². The molecule has 0 aliphatic carbocycles. The van der Waals surface area contributed by atoms with Crippen molar-refractivity contribution in [2.24, 2.45) is 11.8 Å². The molecule has 6 nitrogen and oxygen atoms in total. The number of hydrogen-bond donors (Lipinski definition) is 1. The molecule has 0 fully saturated rings. The molecule has 1 amide bonds. The molecule has 1 rings (SSSR count). The molecule has 1 aromatic rings. The molecule has 0 atom stereocenters. The van der Waals surface area contributed by atoms with Crippen LogP contribution in [0.4, 0.5) is 0 Å². The molecule has 156 valence electrons. The number of rotatable bonds is 12. The first-order valence-electron chi connectivity index (χ1n) is 9.81. The normalized spacial score (nSPS) is 11.0. The van der Waals surface area contributed by atoms with Gasteiger partial charge >= 0.3 is 0 Å². The van der Waals surface area contributed by atoms with E-state index in [2.05, 4.69) is 5.32 Å². The summed E-state index contributed by atoms with van der Waals surface area (Å²) in [4.78, 5) is 36.2. The number of hydrogen-bond acceptors (Lipinski definition) is 5. The minimum Gasteiger partial charge on any atom is -0.486 e. The first-order chi connectivity index (χ1) is 13.1. The largest absolute Gasteiger partial charge is 0.486 e. The lowest BCUT2D eigenvalue weighted by Gasteiger charge is -2.14. The van der Waals surface area contributed by atoms with Crippen LogP contribution in [0.3, 0.4) is 0 Å². The Labute approximate surface area is 168 Å². The fourth-order valence-corrected chi connectivity index (χ4v) is 2.57. The predicted molar refractivity (Wildman–Crippen MR) is 109 cm³/mol. The van der Waals surface area contributed by atoms with E-state index in [4.69, 9.17) is 9.47 Å². The summed E-state index contributed by atoms with van der Waals surface area (Å²) in [6, 6.07) is 4.71. The number of ketones is 2. The molecule has 0 spiro atoms. The van der Waals surface area contributed by atoms with Gasteiger partial charge < -0.3 is 14.8 Å². The van der Waals surface area contributed by atoms with Gasteiger partial charge in [0.15, 0.2) is 11.6 Å². The van der Waals surface area contributed by atoms with Crippen molar-refractivity contribution in [1.82, 2.24) is 5.32 Å². The molecular weight excluding hydrogens is 358 g/mol. The van der Waals surface area contributed by atoms with Gasteiger partial charge in [-0.25, -0.2) is 0 Å². The summed E-state index contributed by atoms with van der Waals surface area (Å²) in [6.45, 7) is 11.5. The molecule has 0 aliphatic rings. The third-order valence-corrected chi connectivity index (χ3v) is 3.63. The molecule has 0 aliphatic heterocycles. The quantitative estimate of drug-likeness (QED) is 0.586. The van der Waals surface area contributed by atoms with E-state index in [1.807, 2.05) is 41.5 Å². The van der Waals surface area contributed by atoms with Gasteiger partial charge in [0, 0.05) is 30.5 Å². The summed E-state index contributed by atoms with van der Waals surface area (Å²) in [7, 11) is 0. The van der Waals surface area contributed by atoms with Gasteiger partial charge in [-0.15, -0.1) is 0 Å². The highest BCUT2D eigenvalue weighted by Crippen LogP contribution is 2.24. The second-order valence-electron chi connectivity index (χ2n) is 8.17. The number of ether oxygens (including phenoxy) is 2. The fraction of sp³-hybridized carbons (Fsp3) is 0.591. The summed E-state index contributed by atoms with van der Waals surface area (Å²) in [6.07, 6.45) is 0.862. The van der Waals surface area contributed by atoms with Crippen LogP contribution >= 0.6 is 0 Å². The molecule has 0 aromatic heterocycles. The molecule has 0 bridgehead atoms. The lowest BCUT2D eigenvalue weighted by atomic mass is 10.1. The number of amides is 1. The molecule has 1 N–H and O–H groups in total. The van der Waals surface area contributed by atoms with Gasteiger partial charge in [0.05, 0.1) is 0 Å². The highest BCUT2D eigenvalue weighted by Gasteiger charge is 2.14. The zero-order chi connectivity index (χ0) is 21.3. The monoisotopic (exact) mass is 391 g/mol. The zero-order valence-corrected chi connectivity index (χ0v) is 17.8. The molecular formula is C22H33NO5. The van der Waals surface area contributed by atoms with E-state index in [-0.39, 0.29) is 48.6 Å². The van der Waals surface area contributed by atoms with Gasteiger partial charge in [-0.05, 0) is 37.8 Å². The van der Waals surface area contributed by atoms with Gasteiger partial charge in [0.25, 0.3) is 5.91 Å². The Kier molecular flexibility index (Phi) is 9.69. The van der Waals surface area contributed by atoms with Crippen molar-refractivity contribution in [2.75, 3.05) is 13.2 Å². The molecule has 0 saturated carbocycles. The highest BCUT2D eigenvalue weighted by molar-refractivity contribution is 5.95. The van der Waals surface area contributed by atoms with Crippen LogP contribution in [0, 0.1) is 11.8 Å². The number of Topliss-reactive ketones (excluding diaryl/α,β-unsaturated/α-hetero) is 2. The second-order valence-corrected chi connectivity index (χ2v) is 8.17. The zero-order valence-electron chi connectivity index (χ0n) is 17.8. The molecule has 1 aromatic carbocycles. The minimum atomic E-state index is -0.271. The van der Waals surface area contributed by atoms with Crippen molar-refractivity contribution in [3.63, 3.8) is 0 Å². The summed E-state index contributed by atoms with van der Waals surface area (Å²) < 4.78 is 11.2. The average molecular weight is 392 g/mol. The summed E-state index contributed by atoms with van der Waals surface area (Å²) in [5.74, 6) is 0.936. The van der Waals surface area contributed by atoms with E-state index < -0.39 is 0 Å². The standard InChI is InChI=1S/C22H33NO5/c1-14(2)7-18(24)12-27-20-9-17(22(26)23-16(5)6)10-21(11-20)28-13-19(25)8-15(3)4/h9-11,14-16H,7-8,12-13H2,1-6H3,(H,23,26). The molecule has 0 radical (unpaired) electrons. The van der Waals surface area contributed by atoms with Crippen molar-refractivity contribution in [1.29, 1.82) is 0 Å². The summed E-state index contributed by atoms with van der Waals surface area (Å²) >= 11 is 0. The fourth-order valence-electron chi connectivity index (χ4n) is 2.57. The summed E-state index contributed by atoms with van der Waals surface area (Å²) in [5.41, 5.74) is 0.355. The van der Waals surface area contributed by atoms with Gasteiger partial charge in [0.1, 0.15) is 24.7 Å². The van der Waals surface area contributed by atoms with E-state index in [1.165, 1.54) is 0 Å². The first-order valence-corrected chi connectivity index (χ1v) is 9.81. The Hall–Kier alpha value is -2.37. The van der Waals surface area contributed by atoms with Crippen molar-refractivity contribution >= 4 is 17.5 Å². The SMILES string of the molecule is CC(C)CC(=O)COc1cc(OCC(=O)CC(C)C)cc(C(=O)NC(C)C)c1. The Bertz CT molecular complexity index is 635. The number of carbonyl (C=O) groups is 3. The molecule has 6 heteroatoms. The number of nitrogens with one attached hydrogen (secondary N) is 1. The number of carbonyl (C=O) groups excluding carboxylic acids is 3. The Morgan fingerprint density at radius 1 is 0.786 bits per heavy atom. The van der Waals surface area contributed by atoms with E-state index >= 15 is 0 Å². The highest BCUT2D eigenvalue weighted by atomic mass is 16.5. The summed E-state index contributed by atoms with van der Waals surface area (Å²) in [5, 5.41) is 2.81. The lowest BCUT2D eigenvalue weighted by molar-refractivity contribution is -0.122. The van der Waals surface area contributed by atoms with Crippen molar-refractivity contribution in [2.45, 2.75) is 60.4 Å². The van der Waals surface area contributed by atoms with Crippen LogP contribution in [-0.2, 0) is 9.59 Å². The molecule has 0 unspecified atom stereocenters. The first kappa shape index (κ1) is 23.7. The van der Waals surface area contributed by atoms with Crippen LogP contribution in [-0.4, -0.2) is 36.7 Å². The minimum absolute atomic E-state index is 0.0124. The maximum Gasteiger partial charge on any atom is 0.251 e. The lowest BCUT2D eigenvalue weighted by Crippen LogP contribution is -2.30. The Morgan fingerprint density at radius 2 is 1.21 bits per heavy atom. The topological polar surface area (TPSA) is 81.7 Å².